The smallest absolute Gasteiger partial charge is 0.243 e. The van der Waals surface area contributed by atoms with Gasteiger partial charge in [0.1, 0.15) is 12.4 Å². The van der Waals surface area contributed by atoms with Gasteiger partial charge in [-0.2, -0.15) is 9.57 Å². The van der Waals surface area contributed by atoms with Crippen LogP contribution in [0.3, 0.4) is 0 Å². The van der Waals surface area contributed by atoms with Crippen LogP contribution in [0.5, 0.6) is 5.75 Å². The maximum atomic E-state index is 13.4. The minimum absolute atomic E-state index is 0.246. The monoisotopic (exact) mass is 407 g/mol. The van der Waals surface area contributed by atoms with Crippen LogP contribution in [0, 0.1) is 23.0 Å². The lowest BCUT2D eigenvalue weighted by Gasteiger charge is -2.33. The van der Waals surface area contributed by atoms with E-state index in [9.17, 15) is 17.2 Å². The first-order chi connectivity index (χ1) is 13.4. The molecule has 1 aliphatic rings. The van der Waals surface area contributed by atoms with E-state index in [0.717, 1.165) is 12.1 Å². The summed E-state index contributed by atoms with van der Waals surface area (Å²) >= 11 is 0. The second-order valence-electron chi connectivity index (χ2n) is 6.31. The van der Waals surface area contributed by atoms with Crippen LogP contribution in [0.25, 0.3) is 0 Å². The molecule has 28 heavy (non-hydrogen) atoms. The van der Waals surface area contributed by atoms with Gasteiger partial charge < -0.3 is 4.74 Å². The Kier molecular flexibility index (Phi) is 6.24. The zero-order valence-corrected chi connectivity index (χ0v) is 15.8. The van der Waals surface area contributed by atoms with E-state index in [0.29, 0.717) is 43.6 Å². The number of halogens is 2. The summed E-state index contributed by atoms with van der Waals surface area (Å²) in [6.45, 7) is 2.61. The van der Waals surface area contributed by atoms with Gasteiger partial charge in [0.15, 0.2) is 11.6 Å². The summed E-state index contributed by atoms with van der Waals surface area (Å²) in [7, 11) is -3.85. The van der Waals surface area contributed by atoms with Gasteiger partial charge in [0.2, 0.25) is 10.0 Å². The van der Waals surface area contributed by atoms with E-state index in [-0.39, 0.29) is 18.0 Å². The van der Waals surface area contributed by atoms with Crippen molar-refractivity contribution >= 4 is 10.0 Å². The molecule has 0 amide bonds. The van der Waals surface area contributed by atoms with E-state index in [1.807, 2.05) is 6.07 Å². The highest BCUT2D eigenvalue weighted by Crippen LogP contribution is 2.20. The zero-order valence-electron chi connectivity index (χ0n) is 15.0. The topological polar surface area (TPSA) is 73.6 Å². The van der Waals surface area contributed by atoms with E-state index in [1.165, 1.54) is 4.31 Å². The first kappa shape index (κ1) is 20.2. The molecular formula is C19H19F2N3O3S. The van der Waals surface area contributed by atoms with Crippen LogP contribution in [0.4, 0.5) is 8.78 Å². The third-order valence-corrected chi connectivity index (χ3v) is 6.41. The molecule has 1 fully saturated rings. The van der Waals surface area contributed by atoms with Crippen molar-refractivity contribution in [3.63, 3.8) is 0 Å². The second kappa shape index (κ2) is 8.65. The molecule has 0 atom stereocenters. The summed E-state index contributed by atoms with van der Waals surface area (Å²) < 4.78 is 58.5. The number of hydrogen-bond acceptors (Lipinski definition) is 5. The highest BCUT2D eigenvalue weighted by Gasteiger charge is 2.29. The molecule has 0 radical (unpaired) electrons. The minimum Gasteiger partial charge on any atom is -0.492 e. The highest BCUT2D eigenvalue weighted by molar-refractivity contribution is 7.89. The molecule has 9 heteroatoms. The minimum atomic E-state index is -3.85. The van der Waals surface area contributed by atoms with Crippen molar-refractivity contribution in [2.24, 2.45) is 0 Å². The Morgan fingerprint density at radius 3 is 2.29 bits per heavy atom. The average Bonchev–Trinajstić information content (AvgIpc) is 2.71. The zero-order chi connectivity index (χ0) is 20.1. The molecule has 0 aromatic heterocycles. The fourth-order valence-corrected chi connectivity index (χ4v) is 4.33. The van der Waals surface area contributed by atoms with Gasteiger partial charge in [-0.15, -0.1) is 0 Å². The third kappa shape index (κ3) is 4.65. The van der Waals surface area contributed by atoms with Crippen LogP contribution in [0.15, 0.2) is 47.4 Å². The van der Waals surface area contributed by atoms with Crippen molar-refractivity contribution in [2.75, 3.05) is 39.3 Å². The largest absolute Gasteiger partial charge is 0.492 e. The van der Waals surface area contributed by atoms with Crippen LogP contribution < -0.4 is 4.74 Å². The first-order valence-electron chi connectivity index (χ1n) is 8.70. The third-order valence-electron chi connectivity index (χ3n) is 4.52. The fraction of sp³-hybridized carbons (Fsp3) is 0.316. The van der Waals surface area contributed by atoms with Crippen LogP contribution in [-0.2, 0) is 10.0 Å². The summed E-state index contributed by atoms with van der Waals surface area (Å²) in [5.41, 5.74) is 0.561. The van der Waals surface area contributed by atoms with Gasteiger partial charge in [0.05, 0.1) is 16.5 Å². The van der Waals surface area contributed by atoms with E-state index in [1.54, 1.807) is 24.3 Å². The molecule has 0 aliphatic carbocycles. The number of benzene rings is 2. The van der Waals surface area contributed by atoms with E-state index in [2.05, 4.69) is 4.90 Å². The van der Waals surface area contributed by atoms with Gasteiger partial charge >= 0.3 is 0 Å². The lowest BCUT2D eigenvalue weighted by Crippen LogP contribution is -2.49. The molecule has 1 aliphatic heterocycles. The van der Waals surface area contributed by atoms with Crippen molar-refractivity contribution in [2.45, 2.75) is 4.90 Å². The van der Waals surface area contributed by atoms with Crippen LogP contribution in [0.2, 0.25) is 0 Å². The molecule has 0 bridgehead atoms. The molecule has 1 heterocycles. The Labute approximate surface area is 162 Å². The Bertz CT molecular complexity index is 967. The fourth-order valence-electron chi connectivity index (χ4n) is 2.90. The summed E-state index contributed by atoms with van der Waals surface area (Å²) in [5, 5.41) is 8.77. The lowest BCUT2D eigenvalue weighted by molar-refractivity contribution is 0.159. The summed E-state index contributed by atoms with van der Waals surface area (Å²) in [4.78, 5) is 1.82. The van der Waals surface area contributed by atoms with Crippen molar-refractivity contribution < 1.29 is 21.9 Å². The van der Waals surface area contributed by atoms with Gasteiger partial charge in [-0.25, -0.2) is 17.2 Å². The summed E-state index contributed by atoms with van der Waals surface area (Å²) in [5.74, 6) is -1.59. The van der Waals surface area contributed by atoms with Crippen molar-refractivity contribution in [3.05, 3.63) is 59.7 Å². The van der Waals surface area contributed by atoms with Crippen LogP contribution >= 0.6 is 0 Å². The Balaban J connectivity index is 1.49. The maximum absolute atomic E-state index is 13.4. The van der Waals surface area contributed by atoms with E-state index >= 15 is 0 Å². The SMILES string of the molecule is N#Cc1ccc(OCCN2CCN(S(=O)(=O)c3ccc(F)c(F)c3)CC2)cc1. The Morgan fingerprint density at radius 1 is 1.00 bits per heavy atom. The average molecular weight is 407 g/mol. The first-order valence-corrected chi connectivity index (χ1v) is 10.1. The number of sulfonamides is 1. The number of rotatable bonds is 6. The number of nitriles is 1. The standard InChI is InChI=1S/C19H19F2N3O3S/c20-18-6-5-17(13-19(18)21)28(25,26)24-9-7-23(8-10-24)11-12-27-16-3-1-15(14-22)2-4-16/h1-6,13H,7-12H2. The molecule has 0 saturated carbocycles. The van der Waals surface area contributed by atoms with Crippen LogP contribution in [0.1, 0.15) is 5.56 Å². The van der Waals surface area contributed by atoms with Crippen molar-refractivity contribution in [3.8, 4) is 11.8 Å². The molecule has 0 unspecified atom stereocenters. The van der Waals surface area contributed by atoms with E-state index < -0.39 is 21.7 Å². The Morgan fingerprint density at radius 2 is 1.68 bits per heavy atom. The molecule has 0 spiro atoms. The van der Waals surface area contributed by atoms with Gasteiger partial charge in [0, 0.05) is 32.7 Å². The number of hydrogen-bond donors (Lipinski definition) is 0. The van der Waals surface area contributed by atoms with Gasteiger partial charge in [-0.3, -0.25) is 4.90 Å². The van der Waals surface area contributed by atoms with Crippen LogP contribution in [-0.4, -0.2) is 57.0 Å². The maximum Gasteiger partial charge on any atom is 0.243 e. The predicted octanol–water partition coefficient (Wildman–Crippen LogP) is 2.22. The van der Waals surface area contributed by atoms with Gasteiger partial charge in [-0.1, -0.05) is 0 Å². The van der Waals surface area contributed by atoms with Crippen molar-refractivity contribution in [1.82, 2.24) is 9.21 Å². The highest BCUT2D eigenvalue weighted by atomic mass is 32.2. The molecule has 6 nitrogen and oxygen atoms in total. The number of nitrogens with zero attached hydrogens (tertiary/aromatic N) is 3. The van der Waals surface area contributed by atoms with Gasteiger partial charge in [0.25, 0.3) is 0 Å². The van der Waals surface area contributed by atoms with E-state index in [4.69, 9.17) is 10.00 Å². The normalized spacial score (nSPS) is 15.9. The molecule has 0 N–H and O–H groups in total. The molecule has 3 rings (SSSR count). The molecule has 2 aromatic rings. The van der Waals surface area contributed by atoms with Crippen molar-refractivity contribution in [1.29, 1.82) is 5.26 Å². The molecule has 2 aromatic carbocycles. The summed E-state index contributed by atoms with van der Waals surface area (Å²) in [6.07, 6.45) is 0. The summed E-state index contributed by atoms with van der Waals surface area (Å²) in [6, 6.07) is 11.5. The molecule has 1 saturated heterocycles. The predicted molar refractivity (Wildman–Crippen MR) is 98.2 cm³/mol. The number of piperazine rings is 1. The molecule has 148 valence electrons. The Hall–Kier alpha value is -2.54. The second-order valence-corrected chi connectivity index (χ2v) is 8.24. The van der Waals surface area contributed by atoms with Gasteiger partial charge in [-0.05, 0) is 42.5 Å². The quantitative estimate of drug-likeness (QED) is 0.734. The lowest BCUT2D eigenvalue weighted by atomic mass is 10.2. The number of ether oxygens (including phenoxy) is 1. The molecular weight excluding hydrogens is 388 g/mol.